The van der Waals surface area contributed by atoms with Crippen LogP contribution in [0.2, 0.25) is 0 Å². The molecule has 1 aromatic carbocycles. The summed E-state index contributed by atoms with van der Waals surface area (Å²) in [6.07, 6.45) is 8.14. The van der Waals surface area contributed by atoms with E-state index in [1.54, 1.807) is 12.1 Å². The molecule has 0 heterocycles. The SMILES string of the molecule is CNS(=O)(=O)c1ccc(C(=O)NC2CCCCCCC2)cc1. The summed E-state index contributed by atoms with van der Waals surface area (Å²) < 4.78 is 25.6. The van der Waals surface area contributed by atoms with E-state index in [9.17, 15) is 13.2 Å². The van der Waals surface area contributed by atoms with Crippen molar-refractivity contribution in [1.29, 1.82) is 0 Å². The third-order valence-electron chi connectivity index (χ3n) is 4.14. The lowest BCUT2D eigenvalue weighted by Gasteiger charge is -2.21. The van der Waals surface area contributed by atoms with Crippen LogP contribution in [0.5, 0.6) is 0 Å². The van der Waals surface area contributed by atoms with Gasteiger partial charge in [-0.2, -0.15) is 0 Å². The molecule has 1 saturated carbocycles. The summed E-state index contributed by atoms with van der Waals surface area (Å²) in [7, 11) is -2.09. The van der Waals surface area contributed by atoms with Crippen LogP contribution in [0.15, 0.2) is 29.2 Å². The van der Waals surface area contributed by atoms with Crippen LogP contribution in [0, 0.1) is 0 Å². The Morgan fingerprint density at radius 2 is 1.55 bits per heavy atom. The van der Waals surface area contributed by atoms with Gasteiger partial charge in [0.15, 0.2) is 0 Å². The van der Waals surface area contributed by atoms with Gasteiger partial charge in [0.2, 0.25) is 10.0 Å². The van der Waals surface area contributed by atoms with Gasteiger partial charge < -0.3 is 5.32 Å². The maximum atomic E-state index is 12.3. The number of hydrogen-bond donors (Lipinski definition) is 2. The van der Waals surface area contributed by atoms with E-state index in [0.29, 0.717) is 5.56 Å². The highest BCUT2D eigenvalue weighted by Crippen LogP contribution is 2.18. The summed E-state index contributed by atoms with van der Waals surface area (Å²) in [5.41, 5.74) is 0.497. The molecule has 22 heavy (non-hydrogen) atoms. The smallest absolute Gasteiger partial charge is 0.251 e. The zero-order valence-electron chi connectivity index (χ0n) is 13.0. The molecule has 1 amide bonds. The zero-order valence-corrected chi connectivity index (χ0v) is 13.8. The Morgan fingerprint density at radius 3 is 2.09 bits per heavy atom. The first-order chi connectivity index (χ1) is 10.5. The molecule has 0 atom stereocenters. The summed E-state index contributed by atoms with van der Waals surface area (Å²) in [5, 5.41) is 3.07. The molecule has 2 N–H and O–H groups in total. The fraction of sp³-hybridized carbons (Fsp3) is 0.562. The van der Waals surface area contributed by atoms with Gasteiger partial charge in [0.25, 0.3) is 5.91 Å². The van der Waals surface area contributed by atoms with Gasteiger partial charge in [-0.3, -0.25) is 4.79 Å². The Bertz CT molecular complexity index is 588. The van der Waals surface area contributed by atoms with E-state index in [1.807, 2.05) is 0 Å². The van der Waals surface area contributed by atoms with Crippen LogP contribution in [0.3, 0.4) is 0 Å². The van der Waals surface area contributed by atoms with Crippen LogP contribution in [0.4, 0.5) is 0 Å². The Morgan fingerprint density at radius 1 is 1.00 bits per heavy atom. The van der Waals surface area contributed by atoms with E-state index in [-0.39, 0.29) is 16.8 Å². The van der Waals surface area contributed by atoms with Gasteiger partial charge in [0.1, 0.15) is 0 Å². The zero-order chi connectivity index (χ0) is 16.0. The van der Waals surface area contributed by atoms with E-state index < -0.39 is 10.0 Å². The highest BCUT2D eigenvalue weighted by Gasteiger charge is 2.16. The minimum atomic E-state index is -3.46. The highest BCUT2D eigenvalue weighted by molar-refractivity contribution is 7.89. The molecule has 6 heteroatoms. The summed E-state index contributed by atoms with van der Waals surface area (Å²) in [4.78, 5) is 12.4. The van der Waals surface area contributed by atoms with Gasteiger partial charge in [0.05, 0.1) is 4.90 Å². The minimum Gasteiger partial charge on any atom is -0.349 e. The van der Waals surface area contributed by atoms with E-state index in [4.69, 9.17) is 0 Å². The molecule has 1 aliphatic rings. The van der Waals surface area contributed by atoms with Crippen molar-refractivity contribution < 1.29 is 13.2 Å². The molecular weight excluding hydrogens is 300 g/mol. The molecule has 1 aliphatic carbocycles. The standard InChI is InChI=1S/C16H24N2O3S/c1-17-22(20,21)15-11-9-13(10-12-15)16(19)18-14-7-5-3-2-4-6-8-14/h9-12,14,17H,2-8H2,1H3,(H,18,19). The van der Waals surface area contributed by atoms with Crippen molar-refractivity contribution in [3.8, 4) is 0 Å². The molecule has 1 fully saturated rings. The molecule has 122 valence electrons. The molecule has 0 bridgehead atoms. The first-order valence-corrected chi connectivity index (χ1v) is 9.36. The summed E-state index contributed by atoms with van der Waals surface area (Å²) in [6, 6.07) is 6.26. The summed E-state index contributed by atoms with van der Waals surface area (Å²) in [5.74, 6) is -0.126. The maximum Gasteiger partial charge on any atom is 0.251 e. The van der Waals surface area contributed by atoms with Crippen molar-refractivity contribution in [3.05, 3.63) is 29.8 Å². The van der Waals surface area contributed by atoms with Crippen molar-refractivity contribution in [2.45, 2.75) is 55.9 Å². The van der Waals surface area contributed by atoms with Gasteiger partial charge in [-0.05, 0) is 44.2 Å². The maximum absolute atomic E-state index is 12.3. The topological polar surface area (TPSA) is 75.3 Å². The van der Waals surface area contributed by atoms with Gasteiger partial charge in [-0.25, -0.2) is 13.1 Å². The fourth-order valence-corrected chi connectivity index (χ4v) is 3.50. The lowest BCUT2D eigenvalue weighted by atomic mass is 9.96. The predicted octanol–water partition coefficient (Wildman–Crippen LogP) is 2.44. The van der Waals surface area contributed by atoms with Crippen molar-refractivity contribution in [2.75, 3.05) is 7.05 Å². The molecule has 5 nitrogen and oxygen atoms in total. The molecule has 1 aromatic rings. The molecule has 0 aliphatic heterocycles. The summed E-state index contributed by atoms with van der Waals surface area (Å²) >= 11 is 0. The van der Waals surface area contributed by atoms with Gasteiger partial charge >= 0.3 is 0 Å². The molecule has 0 spiro atoms. The van der Waals surface area contributed by atoms with Crippen molar-refractivity contribution >= 4 is 15.9 Å². The van der Waals surface area contributed by atoms with Crippen LogP contribution in [-0.2, 0) is 10.0 Å². The first-order valence-electron chi connectivity index (χ1n) is 7.87. The minimum absolute atomic E-state index is 0.126. The monoisotopic (exact) mass is 324 g/mol. The van der Waals surface area contributed by atoms with Crippen molar-refractivity contribution in [2.24, 2.45) is 0 Å². The van der Waals surface area contributed by atoms with Crippen molar-refractivity contribution in [1.82, 2.24) is 10.0 Å². The molecule has 0 aromatic heterocycles. The van der Waals surface area contributed by atoms with Gasteiger partial charge in [0, 0.05) is 11.6 Å². The van der Waals surface area contributed by atoms with E-state index in [1.165, 1.54) is 38.4 Å². The van der Waals surface area contributed by atoms with E-state index >= 15 is 0 Å². The second-order valence-electron chi connectivity index (χ2n) is 5.75. The molecular formula is C16H24N2O3S. The van der Waals surface area contributed by atoms with Crippen LogP contribution < -0.4 is 10.0 Å². The number of carbonyl (C=O) groups excluding carboxylic acids is 1. The fourth-order valence-electron chi connectivity index (χ4n) is 2.77. The van der Waals surface area contributed by atoms with Crippen molar-refractivity contribution in [3.63, 3.8) is 0 Å². The second kappa shape index (κ2) is 7.74. The van der Waals surface area contributed by atoms with E-state index in [2.05, 4.69) is 10.0 Å². The van der Waals surface area contributed by atoms with E-state index in [0.717, 1.165) is 25.7 Å². The Balaban J connectivity index is 2.00. The quantitative estimate of drug-likeness (QED) is 0.893. The first kappa shape index (κ1) is 17.0. The molecule has 2 rings (SSSR count). The predicted molar refractivity (Wildman–Crippen MR) is 86.3 cm³/mol. The van der Waals surface area contributed by atoms with Crippen LogP contribution in [0.1, 0.15) is 55.3 Å². The number of rotatable bonds is 4. The number of hydrogen-bond acceptors (Lipinski definition) is 3. The number of sulfonamides is 1. The second-order valence-corrected chi connectivity index (χ2v) is 7.63. The average molecular weight is 324 g/mol. The number of carbonyl (C=O) groups is 1. The van der Waals surface area contributed by atoms with Crippen LogP contribution >= 0.6 is 0 Å². The third kappa shape index (κ3) is 4.55. The highest BCUT2D eigenvalue weighted by atomic mass is 32.2. The molecule has 0 unspecified atom stereocenters. The number of benzene rings is 1. The molecule has 0 radical (unpaired) electrons. The lowest BCUT2D eigenvalue weighted by molar-refractivity contribution is 0.0930. The van der Waals surface area contributed by atoms with Crippen LogP contribution in [0.25, 0.3) is 0 Å². The molecule has 0 saturated heterocycles. The average Bonchev–Trinajstić information content (AvgIpc) is 2.50. The van der Waals surface area contributed by atoms with Gasteiger partial charge in [-0.15, -0.1) is 0 Å². The summed E-state index contributed by atoms with van der Waals surface area (Å²) in [6.45, 7) is 0. The lowest BCUT2D eigenvalue weighted by Crippen LogP contribution is -2.35. The van der Waals surface area contributed by atoms with Crippen LogP contribution in [-0.4, -0.2) is 27.4 Å². The normalized spacial score (nSPS) is 17.5. The Hall–Kier alpha value is -1.40. The Labute approximate surface area is 132 Å². The third-order valence-corrected chi connectivity index (χ3v) is 5.57. The Kier molecular flexibility index (Phi) is 5.97. The largest absolute Gasteiger partial charge is 0.349 e. The number of amides is 1. The number of nitrogens with one attached hydrogen (secondary N) is 2. The van der Waals surface area contributed by atoms with Gasteiger partial charge in [-0.1, -0.05) is 32.1 Å².